The van der Waals surface area contributed by atoms with Gasteiger partial charge in [0.2, 0.25) is 5.91 Å². The molecule has 2 atom stereocenters. The topological polar surface area (TPSA) is 59.6 Å². The second-order valence-electron chi connectivity index (χ2n) is 5.34. The zero-order valence-corrected chi connectivity index (χ0v) is 12.9. The van der Waals surface area contributed by atoms with E-state index in [1.165, 1.54) is 0 Å². The second kappa shape index (κ2) is 7.31. The third-order valence-electron chi connectivity index (χ3n) is 3.78. The van der Waals surface area contributed by atoms with E-state index in [9.17, 15) is 4.79 Å². The fourth-order valence-corrected chi connectivity index (χ4v) is 2.64. The third-order valence-corrected chi connectivity index (χ3v) is 3.78. The smallest absolute Gasteiger partial charge is 0.241 e. The molecular formula is C16H24N2O3. The quantitative estimate of drug-likeness (QED) is 0.875. The summed E-state index contributed by atoms with van der Waals surface area (Å²) in [4.78, 5) is 12.4. The van der Waals surface area contributed by atoms with Crippen LogP contribution in [-0.2, 0) is 4.79 Å². The summed E-state index contributed by atoms with van der Waals surface area (Å²) in [7, 11) is 1.60. The Balaban J connectivity index is 2.08. The molecule has 1 heterocycles. The zero-order valence-electron chi connectivity index (χ0n) is 12.9. The van der Waals surface area contributed by atoms with E-state index >= 15 is 0 Å². The van der Waals surface area contributed by atoms with Crippen LogP contribution in [0.5, 0.6) is 11.5 Å². The lowest BCUT2D eigenvalue weighted by molar-refractivity contribution is -0.119. The van der Waals surface area contributed by atoms with Crippen LogP contribution in [0.1, 0.15) is 26.7 Å². The van der Waals surface area contributed by atoms with Gasteiger partial charge in [-0.05, 0) is 44.4 Å². The highest BCUT2D eigenvalue weighted by molar-refractivity contribution is 5.95. The van der Waals surface area contributed by atoms with E-state index < -0.39 is 0 Å². The molecule has 1 aliphatic rings. The van der Waals surface area contributed by atoms with E-state index in [0.717, 1.165) is 25.1 Å². The van der Waals surface area contributed by atoms with E-state index in [0.29, 0.717) is 24.0 Å². The summed E-state index contributed by atoms with van der Waals surface area (Å²) in [6.45, 7) is 5.47. The Morgan fingerprint density at radius 3 is 2.90 bits per heavy atom. The molecule has 0 bridgehead atoms. The van der Waals surface area contributed by atoms with Crippen LogP contribution in [0.3, 0.4) is 0 Å². The number of hydrogen-bond donors (Lipinski definition) is 2. The van der Waals surface area contributed by atoms with Crippen LogP contribution >= 0.6 is 0 Å². The molecule has 0 aromatic heterocycles. The average molecular weight is 292 g/mol. The molecule has 2 rings (SSSR count). The molecular weight excluding hydrogens is 268 g/mol. The number of benzene rings is 1. The Morgan fingerprint density at radius 2 is 2.24 bits per heavy atom. The van der Waals surface area contributed by atoms with Crippen molar-refractivity contribution in [1.29, 1.82) is 0 Å². The van der Waals surface area contributed by atoms with Gasteiger partial charge in [-0.15, -0.1) is 0 Å². The van der Waals surface area contributed by atoms with Crippen LogP contribution in [0.25, 0.3) is 0 Å². The van der Waals surface area contributed by atoms with Gasteiger partial charge in [-0.2, -0.15) is 0 Å². The fourth-order valence-electron chi connectivity index (χ4n) is 2.64. The normalized spacial score (nSPS) is 21.7. The highest BCUT2D eigenvalue weighted by Crippen LogP contribution is 2.30. The summed E-state index contributed by atoms with van der Waals surface area (Å²) in [6, 6.07) is 5.30. The van der Waals surface area contributed by atoms with Gasteiger partial charge in [0.1, 0.15) is 0 Å². The van der Waals surface area contributed by atoms with E-state index in [-0.39, 0.29) is 11.9 Å². The lowest BCUT2D eigenvalue weighted by Crippen LogP contribution is -2.48. The number of piperidine rings is 1. The van der Waals surface area contributed by atoms with Gasteiger partial charge in [0.25, 0.3) is 0 Å². The van der Waals surface area contributed by atoms with Crippen molar-refractivity contribution in [2.24, 2.45) is 5.92 Å². The molecule has 2 unspecified atom stereocenters. The van der Waals surface area contributed by atoms with Crippen molar-refractivity contribution in [3.63, 3.8) is 0 Å². The van der Waals surface area contributed by atoms with Gasteiger partial charge in [-0.1, -0.05) is 6.92 Å². The predicted molar refractivity (Wildman–Crippen MR) is 83.0 cm³/mol. The monoisotopic (exact) mass is 292 g/mol. The molecule has 1 amide bonds. The summed E-state index contributed by atoms with van der Waals surface area (Å²) >= 11 is 0. The van der Waals surface area contributed by atoms with Gasteiger partial charge in [-0.25, -0.2) is 0 Å². The molecule has 5 heteroatoms. The number of amides is 1. The molecule has 0 radical (unpaired) electrons. The Labute approximate surface area is 126 Å². The number of anilines is 1. The molecule has 21 heavy (non-hydrogen) atoms. The number of carbonyl (C=O) groups is 1. The summed E-state index contributed by atoms with van der Waals surface area (Å²) in [5.41, 5.74) is 0.726. The van der Waals surface area contributed by atoms with Crippen LogP contribution in [0, 0.1) is 5.92 Å². The molecule has 0 saturated carbocycles. The minimum absolute atomic E-state index is 0.00909. The molecule has 5 nitrogen and oxygen atoms in total. The Kier molecular flexibility index (Phi) is 5.44. The molecule has 116 valence electrons. The Hall–Kier alpha value is -1.75. The van der Waals surface area contributed by atoms with Crippen molar-refractivity contribution in [3.05, 3.63) is 18.2 Å². The first-order valence-corrected chi connectivity index (χ1v) is 7.50. The highest BCUT2D eigenvalue weighted by Gasteiger charge is 2.27. The second-order valence-corrected chi connectivity index (χ2v) is 5.34. The lowest BCUT2D eigenvalue weighted by Gasteiger charge is -2.29. The van der Waals surface area contributed by atoms with Gasteiger partial charge in [0.15, 0.2) is 11.5 Å². The van der Waals surface area contributed by atoms with Crippen molar-refractivity contribution in [1.82, 2.24) is 5.32 Å². The molecule has 1 aromatic rings. The van der Waals surface area contributed by atoms with E-state index in [1.807, 2.05) is 13.0 Å². The molecule has 0 aliphatic carbocycles. The zero-order chi connectivity index (χ0) is 15.2. The molecule has 1 aliphatic heterocycles. The van der Waals surface area contributed by atoms with Crippen LogP contribution in [-0.4, -0.2) is 32.2 Å². The average Bonchev–Trinajstić information content (AvgIpc) is 2.48. The first-order chi connectivity index (χ1) is 10.2. The highest BCUT2D eigenvalue weighted by atomic mass is 16.5. The van der Waals surface area contributed by atoms with Crippen molar-refractivity contribution >= 4 is 11.6 Å². The minimum Gasteiger partial charge on any atom is -0.493 e. The maximum atomic E-state index is 12.4. The first kappa shape index (κ1) is 15.6. The Morgan fingerprint density at radius 1 is 1.43 bits per heavy atom. The standard InChI is InChI=1S/C16H24N2O3/c1-4-21-14-10-12(7-8-13(14)20-3)18-16(19)15-11(2)6-5-9-17-15/h7-8,10-11,15,17H,4-6,9H2,1-3H3,(H,18,19). The molecule has 1 fully saturated rings. The number of carbonyl (C=O) groups excluding carboxylic acids is 1. The van der Waals surface area contributed by atoms with Gasteiger partial charge in [0.05, 0.1) is 19.8 Å². The van der Waals surface area contributed by atoms with Crippen LogP contribution in [0.2, 0.25) is 0 Å². The number of methoxy groups -OCH3 is 1. The van der Waals surface area contributed by atoms with Gasteiger partial charge in [0, 0.05) is 11.8 Å². The maximum Gasteiger partial charge on any atom is 0.241 e. The maximum absolute atomic E-state index is 12.4. The number of nitrogens with one attached hydrogen (secondary N) is 2. The Bertz CT molecular complexity index is 490. The minimum atomic E-state index is -0.128. The van der Waals surface area contributed by atoms with Crippen LogP contribution in [0.15, 0.2) is 18.2 Å². The SMILES string of the molecule is CCOc1cc(NC(=O)C2NCCCC2C)ccc1OC. The van der Waals surface area contributed by atoms with Crippen LogP contribution in [0.4, 0.5) is 5.69 Å². The number of hydrogen-bond acceptors (Lipinski definition) is 4. The molecule has 0 spiro atoms. The molecule has 1 saturated heterocycles. The summed E-state index contributed by atoms with van der Waals surface area (Å²) in [5, 5.41) is 6.24. The number of rotatable bonds is 5. The molecule has 2 N–H and O–H groups in total. The van der Waals surface area contributed by atoms with Gasteiger partial charge >= 0.3 is 0 Å². The summed E-state index contributed by atoms with van der Waals surface area (Å²) in [5.74, 6) is 1.67. The first-order valence-electron chi connectivity index (χ1n) is 7.50. The van der Waals surface area contributed by atoms with Gasteiger partial charge in [-0.3, -0.25) is 4.79 Å². The van der Waals surface area contributed by atoms with Crippen molar-refractivity contribution in [3.8, 4) is 11.5 Å². The van der Waals surface area contributed by atoms with Crippen molar-refractivity contribution < 1.29 is 14.3 Å². The van der Waals surface area contributed by atoms with Crippen molar-refractivity contribution in [2.45, 2.75) is 32.7 Å². The largest absolute Gasteiger partial charge is 0.493 e. The third kappa shape index (κ3) is 3.88. The van der Waals surface area contributed by atoms with Crippen LogP contribution < -0.4 is 20.1 Å². The predicted octanol–water partition coefficient (Wildman–Crippen LogP) is 2.42. The summed E-state index contributed by atoms with van der Waals surface area (Å²) in [6.07, 6.45) is 2.21. The number of ether oxygens (including phenoxy) is 2. The van der Waals surface area contributed by atoms with Crippen molar-refractivity contribution in [2.75, 3.05) is 25.6 Å². The lowest BCUT2D eigenvalue weighted by atomic mass is 9.92. The fraction of sp³-hybridized carbons (Fsp3) is 0.562. The van der Waals surface area contributed by atoms with E-state index in [4.69, 9.17) is 9.47 Å². The van der Waals surface area contributed by atoms with E-state index in [2.05, 4.69) is 17.6 Å². The molecule has 1 aromatic carbocycles. The van der Waals surface area contributed by atoms with E-state index in [1.54, 1.807) is 19.2 Å². The van der Waals surface area contributed by atoms with Gasteiger partial charge < -0.3 is 20.1 Å². The summed E-state index contributed by atoms with van der Waals surface area (Å²) < 4.78 is 10.8.